The minimum absolute atomic E-state index is 0.0260. The minimum atomic E-state index is -3.36. The van der Waals surface area contributed by atoms with Crippen molar-refractivity contribution in [3.05, 3.63) is 121 Å². The van der Waals surface area contributed by atoms with Crippen LogP contribution in [0, 0.1) is 0 Å². The fraction of sp³-hybridized carbons (Fsp3) is 0.237. The Balaban J connectivity index is 2.07. The molecule has 5 rings (SSSR count). The van der Waals surface area contributed by atoms with Gasteiger partial charge in [0.1, 0.15) is 11.2 Å². The van der Waals surface area contributed by atoms with E-state index in [0.717, 1.165) is 20.8 Å². The van der Waals surface area contributed by atoms with Crippen molar-refractivity contribution in [3.63, 3.8) is 0 Å². The number of para-hydroxylation sites is 1. The van der Waals surface area contributed by atoms with Crippen LogP contribution >= 0.6 is 6.89 Å². The fourth-order valence-corrected chi connectivity index (χ4v) is 10.2. The van der Waals surface area contributed by atoms with Gasteiger partial charge in [-0.3, -0.25) is 14.5 Å². The summed E-state index contributed by atoms with van der Waals surface area (Å²) < 4.78 is 12.2. The SMILES string of the molecule is CC(C)(C)OC(=O)C(C(C(=O)OC(C)(C)C)N1C(=O)C(=O)c2ccccc21)=P(c1ccccc1)(c1ccccc1)c1ccccc1. The number of benzene rings is 4. The van der Waals surface area contributed by atoms with Crippen LogP contribution in [0.5, 0.6) is 0 Å². The number of amides is 1. The topological polar surface area (TPSA) is 90.0 Å². The maximum atomic E-state index is 15.0. The predicted octanol–water partition coefficient (Wildman–Crippen LogP) is 5.43. The van der Waals surface area contributed by atoms with Gasteiger partial charge in [0.2, 0.25) is 0 Å². The zero-order valence-electron chi connectivity index (χ0n) is 26.9. The Bertz CT molecular complexity index is 1730. The van der Waals surface area contributed by atoms with Gasteiger partial charge in [0.25, 0.3) is 5.78 Å². The molecule has 0 N–H and O–H groups in total. The van der Waals surface area contributed by atoms with Gasteiger partial charge in [-0.2, -0.15) is 0 Å². The molecule has 1 aliphatic rings. The molecule has 0 saturated heterocycles. The number of ether oxygens (including phenoxy) is 2. The van der Waals surface area contributed by atoms with Gasteiger partial charge in [0, 0.05) is 0 Å². The summed E-state index contributed by atoms with van der Waals surface area (Å²) in [5.74, 6) is -3.31. The summed E-state index contributed by atoms with van der Waals surface area (Å²) >= 11 is 0. The Hall–Kier alpha value is -4.74. The smallest absolute Gasteiger partial charge is 0.338 e. The summed E-state index contributed by atoms with van der Waals surface area (Å²) in [7, 11) is 0. The first-order chi connectivity index (χ1) is 21.8. The molecule has 1 amide bonds. The van der Waals surface area contributed by atoms with Gasteiger partial charge in [0.05, 0.1) is 16.5 Å². The summed E-state index contributed by atoms with van der Waals surface area (Å²) in [6.07, 6.45) is 0. The summed E-state index contributed by atoms with van der Waals surface area (Å²) in [4.78, 5) is 58.4. The summed E-state index contributed by atoms with van der Waals surface area (Å²) in [5.41, 5.74) is -1.59. The van der Waals surface area contributed by atoms with Gasteiger partial charge in [0.15, 0.2) is 6.04 Å². The minimum Gasteiger partial charge on any atom is -0.458 e. The number of esters is 2. The quantitative estimate of drug-likeness (QED) is 0.153. The number of ketones is 1. The number of hydrogen-bond donors (Lipinski definition) is 0. The van der Waals surface area contributed by atoms with Crippen LogP contribution in [0.15, 0.2) is 115 Å². The zero-order chi connectivity index (χ0) is 33.3. The van der Waals surface area contributed by atoms with Gasteiger partial charge < -0.3 is 9.47 Å². The van der Waals surface area contributed by atoms with Gasteiger partial charge >= 0.3 is 17.8 Å². The van der Waals surface area contributed by atoms with Crippen LogP contribution in [0.1, 0.15) is 51.9 Å². The fourth-order valence-electron chi connectivity index (χ4n) is 5.74. The van der Waals surface area contributed by atoms with Gasteiger partial charge in [-0.05, 0) is 76.5 Å². The highest BCUT2D eigenvalue weighted by atomic mass is 31.2. The Labute approximate surface area is 270 Å². The molecular weight excluding hydrogens is 597 g/mol. The van der Waals surface area contributed by atoms with Crippen LogP contribution in [-0.2, 0) is 23.9 Å². The van der Waals surface area contributed by atoms with E-state index < -0.39 is 47.8 Å². The van der Waals surface area contributed by atoms with Gasteiger partial charge in [-0.15, -0.1) is 0 Å². The highest BCUT2D eigenvalue weighted by Gasteiger charge is 2.51. The third-order valence-corrected chi connectivity index (χ3v) is 11.7. The average Bonchev–Trinajstić information content (AvgIpc) is 3.26. The summed E-state index contributed by atoms with van der Waals surface area (Å²) in [5, 5.41) is 2.30. The number of carbonyl (C=O) groups is 4. The largest absolute Gasteiger partial charge is 0.458 e. The van der Waals surface area contributed by atoms with Crippen molar-refractivity contribution >= 4 is 57.4 Å². The number of nitrogens with zero attached hydrogens (tertiary/aromatic N) is 1. The Kier molecular flexibility index (Phi) is 8.92. The van der Waals surface area contributed by atoms with Crippen LogP contribution in [0.25, 0.3) is 0 Å². The van der Waals surface area contributed by atoms with E-state index in [4.69, 9.17) is 9.47 Å². The maximum absolute atomic E-state index is 15.0. The van der Waals surface area contributed by atoms with E-state index in [1.165, 1.54) is 0 Å². The molecule has 1 heterocycles. The Morgan fingerprint density at radius 3 is 1.46 bits per heavy atom. The lowest BCUT2D eigenvalue weighted by molar-refractivity contribution is -0.156. The number of anilines is 1. The number of fused-ring (bicyclic) bond motifs is 1. The van der Waals surface area contributed by atoms with Crippen LogP contribution < -0.4 is 20.8 Å². The molecule has 0 aliphatic carbocycles. The Morgan fingerprint density at radius 1 is 0.609 bits per heavy atom. The second kappa shape index (κ2) is 12.6. The molecule has 7 nitrogen and oxygen atoms in total. The first kappa shape index (κ1) is 32.6. The van der Waals surface area contributed by atoms with E-state index in [9.17, 15) is 14.4 Å². The number of hydrogen-bond acceptors (Lipinski definition) is 6. The second-order valence-corrected chi connectivity index (χ2v) is 16.4. The van der Waals surface area contributed by atoms with Crippen molar-refractivity contribution in [1.29, 1.82) is 0 Å². The molecule has 8 heteroatoms. The van der Waals surface area contributed by atoms with E-state index in [-0.39, 0.29) is 16.5 Å². The molecule has 0 spiro atoms. The van der Waals surface area contributed by atoms with Crippen molar-refractivity contribution in [2.75, 3.05) is 4.90 Å². The lowest BCUT2D eigenvalue weighted by Crippen LogP contribution is -2.56. The van der Waals surface area contributed by atoms with Crippen LogP contribution in [0.2, 0.25) is 0 Å². The molecule has 0 fully saturated rings. The van der Waals surface area contributed by atoms with Crippen molar-refractivity contribution in [1.82, 2.24) is 0 Å². The molecule has 1 aliphatic heterocycles. The monoisotopic (exact) mass is 635 g/mol. The third kappa shape index (κ3) is 6.20. The highest BCUT2D eigenvalue weighted by Crippen LogP contribution is 2.49. The molecule has 4 aromatic rings. The summed E-state index contributed by atoms with van der Waals surface area (Å²) in [6.45, 7) is 7.04. The molecule has 0 aromatic heterocycles. The van der Waals surface area contributed by atoms with Crippen molar-refractivity contribution < 1.29 is 28.7 Å². The predicted molar refractivity (Wildman–Crippen MR) is 184 cm³/mol. The van der Waals surface area contributed by atoms with E-state index in [1.807, 2.05) is 91.0 Å². The normalized spacial score (nSPS) is 14.0. The number of rotatable bonds is 7. The van der Waals surface area contributed by atoms with Crippen LogP contribution in [0.3, 0.4) is 0 Å². The number of Topliss-reactive ketones (excluding diaryl/α,β-unsaturated/α-hetero) is 1. The van der Waals surface area contributed by atoms with Crippen LogP contribution in [0.4, 0.5) is 5.69 Å². The average molecular weight is 636 g/mol. The molecular formula is C38H38NO6P. The second-order valence-electron chi connectivity index (χ2n) is 13.0. The van der Waals surface area contributed by atoms with Crippen molar-refractivity contribution in [2.45, 2.75) is 58.8 Å². The molecule has 0 bridgehead atoms. The van der Waals surface area contributed by atoms with Gasteiger partial charge in [-0.25, -0.2) is 9.59 Å². The van der Waals surface area contributed by atoms with Crippen LogP contribution in [-0.4, -0.2) is 46.2 Å². The highest BCUT2D eigenvalue weighted by molar-refractivity contribution is 7.96. The lowest BCUT2D eigenvalue weighted by Gasteiger charge is -2.38. The standard InChI is InChI=1S/C38H38NO6P/c1-37(2,3)44-35(42)31(39-30-25-17-16-24-29(30)32(40)34(39)41)33(36(43)45-38(4,5)6)46(26-18-10-7-11-19-26,27-20-12-8-13-21-27)28-22-14-9-15-23-28/h7-25,31H,1-6H3. The third-order valence-electron chi connectivity index (χ3n) is 7.37. The Morgan fingerprint density at radius 2 is 1.02 bits per heavy atom. The maximum Gasteiger partial charge on any atom is 0.338 e. The van der Waals surface area contributed by atoms with Gasteiger partial charge in [-0.1, -0.05) is 103 Å². The zero-order valence-corrected chi connectivity index (χ0v) is 27.8. The molecule has 0 saturated carbocycles. The van der Waals surface area contributed by atoms with E-state index in [0.29, 0.717) is 0 Å². The van der Waals surface area contributed by atoms with Crippen molar-refractivity contribution in [3.8, 4) is 0 Å². The van der Waals surface area contributed by atoms with E-state index in [2.05, 4.69) is 0 Å². The molecule has 236 valence electrons. The lowest BCUT2D eigenvalue weighted by atomic mass is 10.1. The molecule has 46 heavy (non-hydrogen) atoms. The van der Waals surface area contributed by atoms with Crippen molar-refractivity contribution in [2.24, 2.45) is 0 Å². The molecule has 4 aromatic carbocycles. The van der Waals surface area contributed by atoms with E-state index in [1.54, 1.807) is 65.8 Å². The summed E-state index contributed by atoms with van der Waals surface area (Å²) in [6, 6.07) is 33.3. The molecule has 1 atom stereocenters. The first-order valence-corrected chi connectivity index (χ1v) is 16.9. The number of carbonyl (C=O) groups excluding carboxylic acids is 4. The first-order valence-electron chi connectivity index (χ1n) is 15.1. The van der Waals surface area contributed by atoms with E-state index >= 15 is 4.79 Å². The molecule has 0 radical (unpaired) electrons. The molecule has 1 unspecified atom stereocenters.